The van der Waals surface area contributed by atoms with Crippen molar-refractivity contribution >= 4 is 17.7 Å². The maximum Gasteiger partial charge on any atom is 0.304 e. The van der Waals surface area contributed by atoms with Crippen LogP contribution in [-0.2, 0) is 4.79 Å². The van der Waals surface area contributed by atoms with Crippen LogP contribution in [0.5, 0.6) is 0 Å². The first-order chi connectivity index (χ1) is 8.59. The Hall–Kier alpha value is -0.220. The van der Waals surface area contributed by atoms with E-state index in [-0.39, 0.29) is 6.04 Å². The lowest BCUT2D eigenvalue weighted by molar-refractivity contribution is -0.138. The summed E-state index contributed by atoms with van der Waals surface area (Å²) >= 11 is 1.91. The summed E-state index contributed by atoms with van der Waals surface area (Å²) in [4.78, 5) is 13.5. The van der Waals surface area contributed by atoms with Crippen molar-refractivity contribution in [1.29, 1.82) is 0 Å². The molecule has 4 atom stereocenters. The minimum atomic E-state index is -0.649. The zero-order valence-electron chi connectivity index (χ0n) is 11.5. The van der Waals surface area contributed by atoms with Crippen molar-refractivity contribution in [3.05, 3.63) is 0 Å². The Morgan fingerprint density at radius 1 is 1.39 bits per heavy atom. The predicted molar refractivity (Wildman–Crippen MR) is 76.0 cm³/mol. The number of thioether (sulfide) groups is 1. The summed E-state index contributed by atoms with van der Waals surface area (Å²) < 4.78 is 0. The molecule has 1 saturated carbocycles. The van der Waals surface area contributed by atoms with Gasteiger partial charge in [-0.05, 0) is 18.3 Å². The summed E-state index contributed by atoms with van der Waals surface area (Å²) in [5, 5.41) is 9.06. The Bertz CT molecular complexity index is 298. The molecule has 2 fully saturated rings. The van der Waals surface area contributed by atoms with E-state index in [9.17, 15) is 4.79 Å². The quantitative estimate of drug-likeness (QED) is 0.857. The van der Waals surface area contributed by atoms with Gasteiger partial charge in [0, 0.05) is 30.1 Å². The fourth-order valence-electron chi connectivity index (χ4n) is 3.50. The standard InChI is InChI=1S/C14H25NO2S/c1-10-4-3-5-13(11(10)2)15-6-7-18-9-12(15)8-14(16)17/h10-13H,3-9H2,1-2H3,(H,16,17). The second-order valence-corrected chi connectivity index (χ2v) is 7.05. The summed E-state index contributed by atoms with van der Waals surface area (Å²) in [5.41, 5.74) is 0. The van der Waals surface area contributed by atoms with Crippen molar-refractivity contribution in [3.8, 4) is 0 Å². The number of carbonyl (C=O) groups is 1. The Labute approximate surface area is 114 Å². The van der Waals surface area contributed by atoms with Crippen molar-refractivity contribution in [3.63, 3.8) is 0 Å². The van der Waals surface area contributed by atoms with Crippen molar-refractivity contribution in [2.75, 3.05) is 18.1 Å². The summed E-state index contributed by atoms with van der Waals surface area (Å²) in [6, 6.07) is 0.859. The van der Waals surface area contributed by atoms with Gasteiger partial charge in [0.25, 0.3) is 0 Å². The summed E-state index contributed by atoms with van der Waals surface area (Å²) in [6.45, 7) is 5.78. The Balaban J connectivity index is 2.05. The molecule has 1 heterocycles. The first kappa shape index (κ1) is 14.2. The Morgan fingerprint density at radius 3 is 2.89 bits per heavy atom. The van der Waals surface area contributed by atoms with Gasteiger partial charge in [0.05, 0.1) is 6.42 Å². The topological polar surface area (TPSA) is 40.5 Å². The highest BCUT2D eigenvalue weighted by atomic mass is 32.2. The number of carboxylic acids is 1. The van der Waals surface area contributed by atoms with Gasteiger partial charge in [-0.25, -0.2) is 0 Å². The highest BCUT2D eigenvalue weighted by molar-refractivity contribution is 7.99. The molecule has 0 bridgehead atoms. The van der Waals surface area contributed by atoms with Crippen LogP contribution in [0.3, 0.4) is 0 Å². The van der Waals surface area contributed by atoms with E-state index < -0.39 is 5.97 Å². The zero-order valence-corrected chi connectivity index (χ0v) is 12.3. The van der Waals surface area contributed by atoms with Gasteiger partial charge in [-0.3, -0.25) is 9.69 Å². The molecule has 3 nitrogen and oxygen atoms in total. The maximum absolute atomic E-state index is 11.0. The van der Waals surface area contributed by atoms with E-state index >= 15 is 0 Å². The Morgan fingerprint density at radius 2 is 2.17 bits per heavy atom. The smallest absolute Gasteiger partial charge is 0.304 e. The zero-order chi connectivity index (χ0) is 13.1. The second-order valence-electron chi connectivity index (χ2n) is 5.90. The molecule has 0 amide bonds. The minimum Gasteiger partial charge on any atom is -0.481 e. The van der Waals surface area contributed by atoms with Gasteiger partial charge in [-0.1, -0.05) is 26.7 Å². The predicted octanol–water partition coefficient (Wildman–Crippen LogP) is 2.70. The minimum absolute atomic E-state index is 0.249. The molecule has 1 N–H and O–H groups in total. The fraction of sp³-hybridized carbons (Fsp3) is 0.929. The van der Waals surface area contributed by atoms with Gasteiger partial charge >= 0.3 is 5.97 Å². The van der Waals surface area contributed by atoms with Crippen LogP contribution in [0.25, 0.3) is 0 Å². The summed E-state index contributed by atoms with van der Waals surface area (Å²) in [7, 11) is 0. The first-order valence-corrected chi connectivity index (χ1v) is 8.30. The van der Waals surface area contributed by atoms with Gasteiger partial charge in [-0.15, -0.1) is 0 Å². The number of aliphatic carboxylic acids is 1. The number of rotatable bonds is 3. The second kappa shape index (κ2) is 6.29. The molecule has 4 unspecified atom stereocenters. The van der Waals surface area contributed by atoms with Gasteiger partial charge in [0.2, 0.25) is 0 Å². The average Bonchev–Trinajstić information content (AvgIpc) is 2.33. The lowest BCUT2D eigenvalue weighted by Gasteiger charge is -2.46. The van der Waals surface area contributed by atoms with Crippen LogP contribution in [-0.4, -0.2) is 46.1 Å². The molecule has 104 valence electrons. The van der Waals surface area contributed by atoms with Crippen LogP contribution >= 0.6 is 11.8 Å². The van der Waals surface area contributed by atoms with E-state index in [0.29, 0.717) is 18.4 Å². The molecule has 1 aliphatic carbocycles. The fourth-order valence-corrected chi connectivity index (χ4v) is 4.59. The first-order valence-electron chi connectivity index (χ1n) is 7.15. The van der Waals surface area contributed by atoms with Crippen molar-refractivity contribution in [2.45, 2.75) is 51.6 Å². The third-order valence-corrected chi connectivity index (χ3v) is 5.86. The Kier molecular flexibility index (Phi) is 4.96. The SMILES string of the molecule is CC1CCCC(N2CCSCC2CC(=O)O)C1C. The molecule has 0 aromatic carbocycles. The van der Waals surface area contributed by atoms with E-state index in [1.807, 2.05) is 11.8 Å². The third-order valence-electron chi connectivity index (χ3n) is 4.77. The molecule has 4 heteroatoms. The maximum atomic E-state index is 11.0. The highest BCUT2D eigenvalue weighted by Crippen LogP contribution is 2.35. The summed E-state index contributed by atoms with van der Waals surface area (Å²) in [6.07, 6.45) is 4.21. The molecule has 2 rings (SSSR count). The van der Waals surface area contributed by atoms with E-state index in [1.54, 1.807) is 0 Å². The largest absolute Gasteiger partial charge is 0.481 e. The molecular weight excluding hydrogens is 246 g/mol. The van der Waals surface area contributed by atoms with Crippen LogP contribution in [0.1, 0.15) is 39.5 Å². The van der Waals surface area contributed by atoms with Gasteiger partial charge in [0.15, 0.2) is 0 Å². The molecule has 0 radical (unpaired) electrons. The molecule has 18 heavy (non-hydrogen) atoms. The van der Waals surface area contributed by atoms with Gasteiger partial charge in [0.1, 0.15) is 0 Å². The monoisotopic (exact) mass is 271 g/mol. The average molecular weight is 271 g/mol. The molecule has 0 aromatic rings. The van der Waals surface area contributed by atoms with Crippen LogP contribution in [0, 0.1) is 11.8 Å². The lowest BCUT2D eigenvalue weighted by atomic mass is 9.77. The van der Waals surface area contributed by atoms with Crippen molar-refractivity contribution in [2.24, 2.45) is 11.8 Å². The van der Waals surface area contributed by atoms with E-state index in [2.05, 4.69) is 18.7 Å². The summed E-state index contributed by atoms with van der Waals surface area (Å²) in [5.74, 6) is 2.99. The van der Waals surface area contributed by atoms with Crippen LogP contribution in [0.15, 0.2) is 0 Å². The number of nitrogens with zero attached hydrogens (tertiary/aromatic N) is 1. The molecule has 0 aromatic heterocycles. The van der Waals surface area contributed by atoms with Crippen LogP contribution in [0.4, 0.5) is 0 Å². The van der Waals surface area contributed by atoms with Crippen LogP contribution in [0.2, 0.25) is 0 Å². The number of carboxylic acid groups (broad SMARTS) is 1. The number of hydrogen-bond donors (Lipinski definition) is 1. The molecule has 0 spiro atoms. The van der Waals surface area contributed by atoms with Crippen LogP contribution < -0.4 is 0 Å². The van der Waals surface area contributed by atoms with E-state index in [1.165, 1.54) is 19.3 Å². The molecule has 1 aliphatic heterocycles. The highest BCUT2D eigenvalue weighted by Gasteiger charge is 2.36. The van der Waals surface area contributed by atoms with E-state index in [4.69, 9.17) is 5.11 Å². The molecule has 2 aliphatic rings. The lowest BCUT2D eigenvalue weighted by Crippen LogP contribution is -2.53. The van der Waals surface area contributed by atoms with Gasteiger partial charge < -0.3 is 5.11 Å². The molecule has 1 saturated heterocycles. The van der Waals surface area contributed by atoms with Gasteiger partial charge in [-0.2, -0.15) is 11.8 Å². The normalized spacial score (nSPS) is 38.6. The number of hydrogen-bond acceptors (Lipinski definition) is 3. The third kappa shape index (κ3) is 3.21. The molecular formula is C14H25NO2S. The van der Waals surface area contributed by atoms with Crippen molar-refractivity contribution in [1.82, 2.24) is 4.90 Å². The van der Waals surface area contributed by atoms with E-state index in [0.717, 1.165) is 24.0 Å². The van der Waals surface area contributed by atoms with Crippen molar-refractivity contribution < 1.29 is 9.90 Å².